The second kappa shape index (κ2) is 6.87. The van der Waals surface area contributed by atoms with Gasteiger partial charge in [-0.3, -0.25) is 14.4 Å². The fourth-order valence-corrected chi connectivity index (χ4v) is 2.81. The highest BCUT2D eigenvalue weighted by Crippen LogP contribution is 2.26. The van der Waals surface area contributed by atoms with Gasteiger partial charge in [0.1, 0.15) is 5.75 Å². The molecule has 0 bridgehead atoms. The normalized spacial score (nSPS) is 12.0. The third-order valence-corrected chi connectivity index (χ3v) is 4.18. The molecule has 7 nitrogen and oxygen atoms in total. The molecule has 26 heavy (non-hydrogen) atoms. The summed E-state index contributed by atoms with van der Waals surface area (Å²) in [5, 5.41) is 2.92. The Bertz CT molecular complexity index is 1100. The van der Waals surface area contributed by atoms with Crippen molar-refractivity contribution in [1.82, 2.24) is 15.3 Å². The Kier molecular flexibility index (Phi) is 4.62. The van der Waals surface area contributed by atoms with Crippen LogP contribution in [0.4, 0.5) is 0 Å². The van der Waals surface area contributed by atoms with Crippen molar-refractivity contribution in [1.29, 1.82) is 0 Å². The fraction of sp³-hybridized carbons (Fsp3) is 0.211. The Morgan fingerprint density at radius 2 is 1.73 bits per heavy atom. The summed E-state index contributed by atoms with van der Waals surface area (Å²) in [5.74, 6) is 0.402. The maximum Gasteiger partial charge on any atom is 0.314 e. The van der Waals surface area contributed by atoms with Crippen molar-refractivity contribution in [3.63, 3.8) is 0 Å². The first-order chi connectivity index (χ1) is 12.4. The number of amides is 1. The van der Waals surface area contributed by atoms with Crippen molar-refractivity contribution in [2.75, 3.05) is 7.11 Å². The van der Waals surface area contributed by atoms with Gasteiger partial charge in [-0.25, -0.2) is 0 Å². The van der Waals surface area contributed by atoms with E-state index in [0.29, 0.717) is 22.3 Å². The second-order valence-corrected chi connectivity index (χ2v) is 6.11. The summed E-state index contributed by atoms with van der Waals surface area (Å²) in [5.41, 5.74) is 1.68. The topological polar surface area (TPSA) is 104 Å². The highest BCUT2D eigenvalue weighted by atomic mass is 16.5. The molecule has 3 N–H and O–H groups in total. The van der Waals surface area contributed by atoms with Crippen LogP contribution in [-0.2, 0) is 0 Å². The first-order valence-corrected chi connectivity index (χ1v) is 8.11. The lowest BCUT2D eigenvalue weighted by atomic mass is 10.0. The molecule has 7 heteroatoms. The van der Waals surface area contributed by atoms with Crippen molar-refractivity contribution in [3.05, 3.63) is 73.8 Å². The van der Waals surface area contributed by atoms with Gasteiger partial charge in [0.15, 0.2) is 0 Å². The van der Waals surface area contributed by atoms with Crippen LogP contribution in [0, 0.1) is 6.92 Å². The first kappa shape index (κ1) is 17.5. The number of fused-ring (bicyclic) bond motifs is 1. The lowest BCUT2D eigenvalue weighted by Crippen LogP contribution is -2.29. The molecule has 134 valence electrons. The lowest BCUT2D eigenvalue weighted by molar-refractivity contribution is 0.0939. The monoisotopic (exact) mass is 353 g/mol. The summed E-state index contributed by atoms with van der Waals surface area (Å²) in [6.07, 6.45) is 0. The SMILES string of the molecule is COc1ccc(C)cc1[C@@H](C)NC(=O)c1ccc2[nH]c(=O)c(=O)[nH]c2c1. The number of carbonyl (C=O) groups is 1. The predicted molar refractivity (Wildman–Crippen MR) is 98.8 cm³/mol. The fourth-order valence-electron chi connectivity index (χ4n) is 2.81. The second-order valence-electron chi connectivity index (χ2n) is 6.11. The Hall–Kier alpha value is -3.35. The van der Waals surface area contributed by atoms with Gasteiger partial charge in [-0.15, -0.1) is 0 Å². The molecular weight excluding hydrogens is 334 g/mol. The smallest absolute Gasteiger partial charge is 0.314 e. The lowest BCUT2D eigenvalue weighted by Gasteiger charge is -2.18. The molecule has 1 heterocycles. The first-order valence-electron chi connectivity index (χ1n) is 8.11. The van der Waals surface area contributed by atoms with Gasteiger partial charge in [-0.1, -0.05) is 17.7 Å². The van der Waals surface area contributed by atoms with Gasteiger partial charge in [0.25, 0.3) is 5.91 Å². The van der Waals surface area contributed by atoms with Gasteiger partial charge >= 0.3 is 11.1 Å². The van der Waals surface area contributed by atoms with Gasteiger partial charge in [0, 0.05) is 11.1 Å². The number of hydrogen-bond donors (Lipinski definition) is 3. The number of benzene rings is 2. The quantitative estimate of drug-likeness (QED) is 0.624. The number of nitrogens with one attached hydrogen (secondary N) is 3. The molecule has 0 aliphatic rings. The number of rotatable bonds is 4. The van der Waals surface area contributed by atoms with Crippen LogP contribution in [0.5, 0.6) is 5.75 Å². The number of aromatic nitrogens is 2. The van der Waals surface area contributed by atoms with Crippen LogP contribution in [0.25, 0.3) is 11.0 Å². The molecule has 0 saturated carbocycles. The average Bonchev–Trinajstić information content (AvgIpc) is 2.62. The summed E-state index contributed by atoms with van der Waals surface area (Å²) in [7, 11) is 1.59. The van der Waals surface area contributed by atoms with Crippen LogP contribution in [0.15, 0.2) is 46.0 Å². The number of aryl methyl sites for hydroxylation is 1. The summed E-state index contributed by atoms with van der Waals surface area (Å²) in [4.78, 5) is 40.3. The van der Waals surface area contributed by atoms with Gasteiger partial charge in [-0.05, 0) is 38.1 Å². The van der Waals surface area contributed by atoms with Crippen LogP contribution in [0.2, 0.25) is 0 Å². The van der Waals surface area contributed by atoms with E-state index in [1.807, 2.05) is 32.0 Å². The molecule has 3 aromatic rings. The zero-order chi connectivity index (χ0) is 18.8. The van der Waals surface area contributed by atoms with Crippen LogP contribution in [0.3, 0.4) is 0 Å². The molecule has 1 atom stereocenters. The molecular formula is C19H19N3O4. The average molecular weight is 353 g/mol. The molecule has 3 rings (SSSR count). The molecule has 0 aliphatic heterocycles. The van der Waals surface area contributed by atoms with E-state index in [1.165, 1.54) is 6.07 Å². The highest BCUT2D eigenvalue weighted by Gasteiger charge is 2.16. The molecule has 2 aromatic carbocycles. The van der Waals surface area contributed by atoms with Crippen molar-refractivity contribution in [2.24, 2.45) is 0 Å². The van der Waals surface area contributed by atoms with Crippen molar-refractivity contribution >= 4 is 16.9 Å². The zero-order valence-electron chi connectivity index (χ0n) is 14.7. The van der Waals surface area contributed by atoms with E-state index in [1.54, 1.807) is 19.2 Å². The number of hydrogen-bond acceptors (Lipinski definition) is 4. The summed E-state index contributed by atoms with van der Waals surface area (Å²) in [6.45, 7) is 3.84. The minimum absolute atomic E-state index is 0.275. The van der Waals surface area contributed by atoms with Crippen molar-refractivity contribution < 1.29 is 9.53 Å². The minimum Gasteiger partial charge on any atom is -0.496 e. The molecule has 0 aliphatic carbocycles. The third kappa shape index (κ3) is 3.37. The van der Waals surface area contributed by atoms with E-state index in [9.17, 15) is 14.4 Å². The number of aromatic amines is 2. The summed E-state index contributed by atoms with van der Waals surface area (Å²) < 4.78 is 5.37. The number of methoxy groups -OCH3 is 1. The standard InChI is InChI=1S/C19H19N3O4/c1-10-4-7-16(26-3)13(8-10)11(2)20-17(23)12-5-6-14-15(9-12)22-19(25)18(24)21-14/h4-9,11H,1-3H3,(H,20,23)(H,21,24)(H,22,25)/t11-/m1/s1. The third-order valence-electron chi connectivity index (χ3n) is 4.18. The van der Waals surface area contributed by atoms with Gasteiger partial charge < -0.3 is 20.0 Å². The Labute approximate surface area is 149 Å². The zero-order valence-corrected chi connectivity index (χ0v) is 14.7. The van der Waals surface area contributed by atoms with E-state index < -0.39 is 11.1 Å². The molecule has 0 spiro atoms. The van der Waals surface area contributed by atoms with E-state index >= 15 is 0 Å². The summed E-state index contributed by atoms with van der Waals surface area (Å²) in [6, 6.07) is 10.2. The molecule has 1 aromatic heterocycles. The maximum absolute atomic E-state index is 12.6. The van der Waals surface area contributed by atoms with Gasteiger partial charge in [-0.2, -0.15) is 0 Å². The number of ether oxygens (including phenoxy) is 1. The predicted octanol–water partition coefficient (Wildman–Crippen LogP) is 2.02. The molecule has 0 saturated heterocycles. The minimum atomic E-state index is -0.757. The van der Waals surface area contributed by atoms with Crippen LogP contribution >= 0.6 is 0 Å². The van der Waals surface area contributed by atoms with Crippen molar-refractivity contribution in [3.8, 4) is 5.75 Å². The Morgan fingerprint density at radius 1 is 1.04 bits per heavy atom. The van der Waals surface area contributed by atoms with Crippen LogP contribution in [-0.4, -0.2) is 23.0 Å². The Balaban J connectivity index is 1.89. The number of carbonyl (C=O) groups excluding carboxylic acids is 1. The van der Waals surface area contributed by atoms with E-state index in [4.69, 9.17) is 4.74 Å². The summed E-state index contributed by atoms with van der Waals surface area (Å²) >= 11 is 0. The number of H-pyrrole nitrogens is 2. The molecule has 0 radical (unpaired) electrons. The van der Waals surface area contributed by atoms with E-state index in [-0.39, 0.29) is 11.9 Å². The highest BCUT2D eigenvalue weighted by molar-refractivity contribution is 5.97. The molecule has 1 amide bonds. The molecule has 0 unspecified atom stereocenters. The molecule has 0 fully saturated rings. The largest absolute Gasteiger partial charge is 0.496 e. The van der Waals surface area contributed by atoms with Gasteiger partial charge in [0.2, 0.25) is 0 Å². The van der Waals surface area contributed by atoms with Crippen LogP contribution in [0.1, 0.15) is 34.5 Å². The maximum atomic E-state index is 12.6. The van der Waals surface area contributed by atoms with Crippen LogP contribution < -0.4 is 21.2 Å². The Morgan fingerprint density at radius 3 is 2.42 bits per heavy atom. The van der Waals surface area contributed by atoms with Gasteiger partial charge in [0.05, 0.1) is 24.2 Å². The van der Waals surface area contributed by atoms with Crippen molar-refractivity contribution in [2.45, 2.75) is 19.9 Å². The van der Waals surface area contributed by atoms with E-state index in [0.717, 1.165) is 11.1 Å². The van der Waals surface area contributed by atoms with E-state index in [2.05, 4.69) is 15.3 Å².